The summed E-state index contributed by atoms with van der Waals surface area (Å²) in [5.41, 5.74) is 0.0932. The van der Waals surface area contributed by atoms with Gasteiger partial charge >= 0.3 is 5.97 Å². The third-order valence-electron chi connectivity index (χ3n) is 3.63. The summed E-state index contributed by atoms with van der Waals surface area (Å²) in [4.78, 5) is 36.8. The van der Waals surface area contributed by atoms with E-state index >= 15 is 0 Å². The summed E-state index contributed by atoms with van der Waals surface area (Å²) in [6, 6.07) is 2.90. The van der Waals surface area contributed by atoms with E-state index in [1.165, 1.54) is 33.5 Å². The van der Waals surface area contributed by atoms with Gasteiger partial charge in [0.15, 0.2) is 18.1 Å². The molecule has 1 aromatic rings. The number of benzene rings is 1. The Morgan fingerprint density at radius 1 is 1.04 bits per heavy atom. The molecule has 8 heteroatoms. The summed E-state index contributed by atoms with van der Waals surface area (Å²) in [6.45, 7) is -0.156. The summed E-state index contributed by atoms with van der Waals surface area (Å²) in [5, 5.41) is 0. The second-order valence-electron chi connectivity index (χ2n) is 5.03. The maximum Gasteiger partial charge on any atom is 0.342 e. The highest BCUT2D eigenvalue weighted by Crippen LogP contribution is 2.34. The predicted octanol–water partition coefficient (Wildman–Crippen LogP) is 1.02. The van der Waals surface area contributed by atoms with Gasteiger partial charge < -0.3 is 18.9 Å². The smallest absolute Gasteiger partial charge is 0.342 e. The van der Waals surface area contributed by atoms with E-state index in [0.717, 1.165) is 4.90 Å². The minimum absolute atomic E-state index is 0.0932. The van der Waals surface area contributed by atoms with Gasteiger partial charge in [0.2, 0.25) is 5.91 Å². The van der Waals surface area contributed by atoms with Gasteiger partial charge in [-0.1, -0.05) is 0 Å². The minimum Gasteiger partial charge on any atom is -0.496 e. The minimum atomic E-state index is -0.757. The van der Waals surface area contributed by atoms with Gasteiger partial charge in [0.1, 0.15) is 11.3 Å². The van der Waals surface area contributed by atoms with Crippen LogP contribution < -0.4 is 14.2 Å². The SMILES string of the molecule is COc1cc(OC)c(C(=O)OCC(=O)N2CCCC2=O)cc1OC. The lowest BCUT2D eigenvalue weighted by Crippen LogP contribution is -2.35. The molecule has 1 heterocycles. The Bertz CT molecular complexity index is 656. The number of nitrogens with zero attached hydrogens (tertiary/aromatic N) is 1. The van der Waals surface area contributed by atoms with Crippen molar-refractivity contribution in [3.05, 3.63) is 17.7 Å². The molecule has 1 saturated heterocycles. The second kappa shape index (κ2) is 7.67. The van der Waals surface area contributed by atoms with Crippen molar-refractivity contribution < 1.29 is 33.3 Å². The van der Waals surface area contributed by atoms with E-state index in [9.17, 15) is 14.4 Å². The Kier molecular flexibility index (Phi) is 5.62. The Hall–Kier alpha value is -2.77. The zero-order valence-corrected chi connectivity index (χ0v) is 13.8. The van der Waals surface area contributed by atoms with Crippen LogP contribution in [0.2, 0.25) is 0 Å². The molecular weight excluding hydrogens is 318 g/mol. The Morgan fingerprint density at radius 2 is 1.67 bits per heavy atom. The molecule has 0 saturated carbocycles. The number of imide groups is 1. The average molecular weight is 337 g/mol. The molecule has 130 valence electrons. The second-order valence-corrected chi connectivity index (χ2v) is 5.03. The molecule has 24 heavy (non-hydrogen) atoms. The Morgan fingerprint density at radius 3 is 2.21 bits per heavy atom. The van der Waals surface area contributed by atoms with E-state index < -0.39 is 18.5 Å². The molecule has 2 amide bonds. The van der Waals surface area contributed by atoms with E-state index in [4.69, 9.17) is 18.9 Å². The predicted molar refractivity (Wildman–Crippen MR) is 82.3 cm³/mol. The lowest BCUT2D eigenvalue weighted by Gasteiger charge is -2.15. The number of hydrogen-bond donors (Lipinski definition) is 0. The number of methoxy groups -OCH3 is 3. The van der Waals surface area contributed by atoms with Crippen molar-refractivity contribution in [3.63, 3.8) is 0 Å². The van der Waals surface area contributed by atoms with Gasteiger partial charge in [-0.15, -0.1) is 0 Å². The third kappa shape index (κ3) is 3.58. The Labute approximate surface area is 139 Å². The fourth-order valence-electron chi connectivity index (χ4n) is 2.38. The molecule has 0 bridgehead atoms. The highest BCUT2D eigenvalue weighted by atomic mass is 16.5. The molecule has 0 unspecified atom stereocenters. The molecule has 0 atom stereocenters. The molecule has 2 rings (SSSR count). The third-order valence-corrected chi connectivity index (χ3v) is 3.63. The molecule has 1 aliphatic rings. The number of amides is 2. The van der Waals surface area contributed by atoms with Gasteiger partial charge in [-0.25, -0.2) is 4.79 Å². The molecule has 0 N–H and O–H groups in total. The van der Waals surface area contributed by atoms with Crippen LogP contribution in [-0.4, -0.2) is 57.2 Å². The van der Waals surface area contributed by atoms with Gasteiger partial charge in [0.05, 0.1) is 21.3 Å². The fraction of sp³-hybridized carbons (Fsp3) is 0.438. The van der Waals surface area contributed by atoms with E-state index in [2.05, 4.69) is 0 Å². The van der Waals surface area contributed by atoms with Crippen molar-refractivity contribution in [3.8, 4) is 17.2 Å². The Balaban J connectivity index is 2.11. The first-order valence-corrected chi connectivity index (χ1v) is 7.32. The molecule has 0 spiro atoms. The highest BCUT2D eigenvalue weighted by molar-refractivity contribution is 5.99. The molecule has 0 radical (unpaired) electrons. The summed E-state index contributed by atoms with van der Waals surface area (Å²) in [5.74, 6) is -0.601. The van der Waals surface area contributed by atoms with E-state index in [-0.39, 0.29) is 17.2 Å². The first kappa shape index (κ1) is 17.6. The van der Waals surface area contributed by atoms with Gasteiger partial charge in [-0.3, -0.25) is 14.5 Å². The number of carbonyl (C=O) groups is 3. The number of rotatable bonds is 6. The molecule has 8 nitrogen and oxygen atoms in total. The summed E-state index contributed by atoms with van der Waals surface area (Å²) >= 11 is 0. The van der Waals surface area contributed by atoms with Crippen LogP contribution in [0.25, 0.3) is 0 Å². The number of carbonyl (C=O) groups excluding carboxylic acids is 3. The van der Waals surface area contributed by atoms with Gasteiger partial charge in [-0.2, -0.15) is 0 Å². The number of ether oxygens (including phenoxy) is 4. The fourth-order valence-corrected chi connectivity index (χ4v) is 2.38. The standard InChI is InChI=1S/C16H19NO7/c1-21-11-8-13(23-3)12(22-2)7-10(11)16(20)24-9-15(19)17-6-4-5-14(17)18/h7-8H,4-6,9H2,1-3H3. The molecule has 1 fully saturated rings. The van der Waals surface area contributed by atoms with Crippen LogP contribution in [0.5, 0.6) is 17.2 Å². The lowest BCUT2D eigenvalue weighted by atomic mass is 10.1. The van der Waals surface area contributed by atoms with E-state index in [1.54, 1.807) is 0 Å². The van der Waals surface area contributed by atoms with Crippen LogP contribution >= 0.6 is 0 Å². The van der Waals surface area contributed by atoms with Crippen molar-refractivity contribution >= 4 is 17.8 Å². The highest BCUT2D eigenvalue weighted by Gasteiger charge is 2.27. The molecule has 1 aromatic carbocycles. The monoisotopic (exact) mass is 337 g/mol. The maximum atomic E-state index is 12.2. The van der Waals surface area contributed by atoms with Gasteiger partial charge in [0.25, 0.3) is 5.91 Å². The van der Waals surface area contributed by atoms with Crippen molar-refractivity contribution in [2.45, 2.75) is 12.8 Å². The van der Waals surface area contributed by atoms with Crippen LogP contribution in [0.1, 0.15) is 23.2 Å². The molecule has 0 aromatic heterocycles. The summed E-state index contributed by atoms with van der Waals surface area (Å²) in [7, 11) is 4.29. The largest absolute Gasteiger partial charge is 0.496 e. The zero-order chi connectivity index (χ0) is 17.7. The van der Waals surface area contributed by atoms with E-state index in [0.29, 0.717) is 30.9 Å². The first-order chi connectivity index (χ1) is 11.5. The van der Waals surface area contributed by atoms with Crippen molar-refractivity contribution in [2.24, 2.45) is 0 Å². The normalized spacial score (nSPS) is 13.6. The van der Waals surface area contributed by atoms with Crippen LogP contribution in [0.4, 0.5) is 0 Å². The maximum absolute atomic E-state index is 12.2. The molecule has 0 aliphatic carbocycles. The van der Waals surface area contributed by atoms with Gasteiger partial charge in [-0.05, 0) is 6.42 Å². The summed E-state index contributed by atoms with van der Waals surface area (Å²) < 4.78 is 20.4. The molecule has 1 aliphatic heterocycles. The number of esters is 1. The van der Waals surface area contributed by atoms with Crippen molar-refractivity contribution in [1.82, 2.24) is 4.90 Å². The first-order valence-electron chi connectivity index (χ1n) is 7.32. The quantitative estimate of drug-likeness (QED) is 0.716. The van der Waals surface area contributed by atoms with Crippen molar-refractivity contribution in [2.75, 3.05) is 34.5 Å². The van der Waals surface area contributed by atoms with Crippen LogP contribution in [0, 0.1) is 0 Å². The zero-order valence-electron chi connectivity index (χ0n) is 13.8. The number of likely N-dealkylation sites (tertiary alicyclic amines) is 1. The summed E-state index contributed by atoms with van der Waals surface area (Å²) in [6.07, 6.45) is 0.964. The van der Waals surface area contributed by atoms with Crippen LogP contribution in [0.3, 0.4) is 0 Å². The molecular formula is C16H19NO7. The topological polar surface area (TPSA) is 91.4 Å². The number of hydrogen-bond acceptors (Lipinski definition) is 7. The van der Waals surface area contributed by atoms with Crippen LogP contribution in [0.15, 0.2) is 12.1 Å². The van der Waals surface area contributed by atoms with Gasteiger partial charge in [0, 0.05) is 25.1 Å². The van der Waals surface area contributed by atoms with E-state index in [1.807, 2.05) is 0 Å². The van der Waals surface area contributed by atoms with Crippen molar-refractivity contribution in [1.29, 1.82) is 0 Å². The lowest BCUT2D eigenvalue weighted by molar-refractivity contribution is -0.143. The average Bonchev–Trinajstić information content (AvgIpc) is 3.04. The van der Waals surface area contributed by atoms with Crippen LogP contribution in [-0.2, 0) is 14.3 Å².